The van der Waals surface area contributed by atoms with Gasteiger partial charge < -0.3 is 20.4 Å². The van der Waals surface area contributed by atoms with Crippen LogP contribution in [0.3, 0.4) is 0 Å². The molecule has 0 spiro atoms. The molecule has 1 aromatic rings. The van der Waals surface area contributed by atoms with Gasteiger partial charge in [-0.2, -0.15) is 0 Å². The number of nitrogens with one attached hydrogen (secondary N) is 2. The third-order valence-electron chi connectivity index (χ3n) is 5.38. The lowest BCUT2D eigenvalue weighted by Gasteiger charge is -2.39. The van der Waals surface area contributed by atoms with Gasteiger partial charge in [-0.05, 0) is 64.5 Å². The van der Waals surface area contributed by atoms with Crippen LogP contribution in [0.2, 0.25) is 5.02 Å². The Balaban J connectivity index is 2.23. The molecule has 6 nitrogen and oxygen atoms in total. The average molecular weight is 407 g/mol. The summed E-state index contributed by atoms with van der Waals surface area (Å²) in [5.74, 6) is -0.547. The van der Waals surface area contributed by atoms with E-state index >= 15 is 0 Å². The lowest BCUT2D eigenvalue weighted by atomic mass is 9.99. The highest BCUT2D eigenvalue weighted by atomic mass is 35.5. The third kappa shape index (κ3) is 5.26. The van der Waals surface area contributed by atoms with Crippen molar-refractivity contribution in [3.63, 3.8) is 0 Å². The fourth-order valence-corrected chi connectivity index (χ4v) is 3.88. The molecule has 1 aliphatic heterocycles. The molecule has 1 heterocycles. The molecule has 154 valence electrons. The van der Waals surface area contributed by atoms with Gasteiger partial charge in [0.2, 0.25) is 5.91 Å². The average Bonchev–Trinajstić information content (AvgIpc) is 2.69. The van der Waals surface area contributed by atoms with Crippen LogP contribution in [-0.2, 0) is 4.79 Å². The number of piperidine rings is 1. The van der Waals surface area contributed by atoms with Gasteiger partial charge in [0.05, 0.1) is 0 Å². The van der Waals surface area contributed by atoms with Gasteiger partial charge in [0, 0.05) is 48.0 Å². The first-order valence-corrected chi connectivity index (χ1v) is 10.1. The lowest BCUT2D eigenvalue weighted by molar-refractivity contribution is -0.117. The topological polar surface area (TPSA) is 64.7 Å². The zero-order valence-electron chi connectivity index (χ0n) is 17.3. The summed E-state index contributed by atoms with van der Waals surface area (Å²) in [5.41, 5.74) is 2.73. The first-order valence-electron chi connectivity index (χ1n) is 9.71. The minimum Gasteiger partial charge on any atom is -0.368 e. The number of hydrogen-bond acceptors (Lipinski definition) is 4. The largest absolute Gasteiger partial charge is 0.368 e. The van der Waals surface area contributed by atoms with E-state index in [0.717, 1.165) is 43.7 Å². The van der Waals surface area contributed by atoms with E-state index in [9.17, 15) is 9.59 Å². The van der Waals surface area contributed by atoms with Crippen molar-refractivity contribution >= 4 is 29.1 Å². The second-order valence-electron chi connectivity index (χ2n) is 7.28. The van der Waals surface area contributed by atoms with Crippen LogP contribution in [0.4, 0.5) is 5.69 Å². The Morgan fingerprint density at radius 2 is 1.96 bits per heavy atom. The van der Waals surface area contributed by atoms with Gasteiger partial charge in [0.1, 0.15) is 0 Å². The van der Waals surface area contributed by atoms with E-state index in [1.54, 1.807) is 6.07 Å². The lowest BCUT2D eigenvalue weighted by Crippen LogP contribution is -2.44. The summed E-state index contributed by atoms with van der Waals surface area (Å²) in [6.45, 7) is 10.8. The Bertz CT molecular complexity index is 742. The first kappa shape index (κ1) is 22.2. The highest BCUT2D eigenvalue weighted by Crippen LogP contribution is 2.31. The number of nitrogens with zero attached hydrogens (tertiary/aromatic N) is 2. The SMILES string of the molecule is C=C(CNC(=O)c1cc(Cl)cc(N(CC)C2CCN(C)CC2)c1C)C(=O)NC. The van der Waals surface area contributed by atoms with Crippen LogP contribution in [0.1, 0.15) is 35.7 Å². The maximum absolute atomic E-state index is 12.7. The van der Waals surface area contributed by atoms with Gasteiger partial charge >= 0.3 is 0 Å². The summed E-state index contributed by atoms with van der Waals surface area (Å²) in [6, 6.07) is 4.06. The molecular formula is C21H31ClN4O2. The Labute approximate surface area is 172 Å². The van der Waals surface area contributed by atoms with E-state index < -0.39 is 0 Å². The number of amides is 2. The highest BCUT2D eigenvalue weighted by molar-refractivity contribution is 6.31. The number of halogens is 1. The van der Waals surface area contributed by atoms with Gasteiger partial charge in [-0.3, -0.25) is 9.59 Å². The molecule has 0 radical (unpaired) electrons. The molecule has 0 saturated carbocycles. The van der Waals surface area contributed by atoms with Crippen molar-refractivity contribution in [2.75, 3.05) is 45.2 Å². The predicted octanol–water partition coefficient (Wildman–Crippen LogP) is 2.60. The molecule has 2 amide bonds. The van der Waals surface area contributed by atoms with Crippen molar-refractivity contribution in [3.05, 3.63) is 40.4 Å². The number of likely N-dealkylation sites (N-methyl/N-ethyl adjacent to an activating group) is 1. The van der Waals surface area contributed by atoms with E-state index in [-0.39, 0.29) is 18.4 Å². The number of likely N-dealkylation sites (tertiary alicyclic amines) is 1. The Hall–Kier alpha value is -2.05. The monoisotopic (exact) mass is 406 g/mol. The van der Waals surface area contributed by atoms with Crippen LogP contribution in [0.15, 0.2) is 24.3 Å². The number of anilines is 1. The zero-order valence-corrected chi connectivity index (χ0v) is 18.0. The molecular weight excluding hydrogens is 376 g/mol. The Kier molecular flexibility index (Phi) is 7.89. The standard InChI is InChI=1S/C21H31ClN4O2/c1-6-26(17-7-9-25(5)10-8-17)19-12-16(22)11-18(15(19)3)21(28)24-13-14(2)20(27)23-4/h11-12,17H,2,6-10,13H2,1,3-5H3,(H,23,27)(H,24,28). The summed E-state index contributed by atoms with van der Waals surface area (Å²) in [7, 11) is 3.68. The molecule has 1 fully saturated rings. The fourth-order valence-electron chi connectivity index (χ4n) is 3.67. The number of hydrogen-bond donors (Lipinski definition) is 2. The first-order chi connectivity index (χ1) is 13.3. The highest BCUT2D eigenvalue weighted by Gasteiger charge is 2.25. The number of benzene rings is 1. The molecule has 0 aliphatic carbocycles. The van der Waals surface area contributed by atoms with Crippen LogP contribution in [-0.4, -0.2) is 63.0 Å². The van der Waals surface area contributed by atoms with E-state index in [1.807, 2.05) is 13.0 Å². The molecule has 0 bridgehead atoms. The molecule has 7 heteroatoms. The van der Waals surface area contributed by atoms with Crippen molar-refractivity contribution in [1.29, 1.82) is 0 Å². The van der Waals surface area contributed by atoms with Crippen molar-refractivity contribution in [2.24, 2.45) is 0 Å². The summed E-state index contributed by atoms with van der Waals surface area (Å²) in [4.78, 5) is 29.0. The number of carbonyl (C=O) groups excluding carboxylic acids is 2. The van der Waals surface area contributed by atoms with E-state index in [1.165, 1.54) is 7.05 Å². The zero-order chi connectivity index (χ0) is 20.8. The summed E-state index contributed by atoms with van der Waals surface area (Å²) in [6.07, 6.45) is 2.17. The smallest absolute Gasteiger partial charge is 0.251 e. The molecule has 1 aromatic carbocycles. The van der Waals surface area contributed by atoms with Crippen LogP contribution >= 0.6 is 11.6 Å². The number of rotatable bonds is 7. The number of carbonyl (C=O) groups is 2. The normalized spacial score (nSPS) is 15.2. The summed E-state index contributed by atoms with van der Waals surface area (Å²) >= 11 is 6.37. The van der Waals surface area contributed by atoms with Crippen molar-refractivity contribution in [3.8, 4) is 0 Å². The van der Waals surface area contributed by atoms with Crippen LogP contribution < -0.4 is 15.5 Å². The molecule has 2 rings (SSSR count). The van der Waals surface area contributed by atoms with E-state index in [0.29, 0.717) is 22.2 Å². The van der Waals surface area contributed by atoms with Crippen LogP contribution in [0.25, 0.3) is 0 Å². The van der Waals surface area contributed by atoms with Gasteiger partial charge in [-0.25, -0.2) is 0 Å². The molecule has 28 heavy (non-hydrogen) atoms. The molecule has 1 aliphatic rings. The third-order valence-corrected chi connectivity index (χ3v) is 5.60. The van der Waals surface area contributed by atoms with E-state index in [2.05, 4.69) is 41.0 Å². The van der Waals surface area contributed by atoms with Gasteiger partial charge in [0.25, 0.3) is 5.91 Å². The van der Waals surface area contributed by atoms with Crippen molar-refractivity contribution < 1.29 is 9.59 Å². The molecule has 0 unspecified atom stereocenters. The van der Waals surface area contributed by atoms with Crippen molar-refractivity contribution in [1.82, 2.24) is 15.5 Å². The Morgan fingerprint density at radius 3 is 2.54 bits per heavy atom. The molecule has 0 aromatic heterocycles. The minimum absolute atomic E-state index is 0.0895. The second kappa shape index (κ2) is 9.94. The van der Waals surface area contributed by atoms with Crippen LogP contribution in [0.5, 0.6) is 0 Å². The fraction of sp³-hybridized carbons (Fsp3) is 0.524. The summed E-state index contributed by atoms with van der Waals surface area (Å²) < 4.78 is 0. The van der Waals surface area contributed by atoms with E-state index in [4.69, 9.17) is 11.6 Å². The second-order valence-corrected chi connectivity index (χ2v) is 7.72. The quantitative estimate of drug-likeness (QED) is 0.683. The van der Waals surface area contributed by atoms with Gasteiger partial charge in [0.15, 0.2) is 0 Å². The summed E-state index contributed by atoms with van der Waals surface area (Å²) in [5, 5.41) is 5.80. The minimum atomic E-state index is -0.289. The molecule has 2 N–H and O–H groups in total. The van der Waals surface area contributed by atoms with Gasteiger partial charge in [-0.1, -0.05) is 18.2 Å². The molecule has 0 atom stereocenters. The maximum Gasteiger partial charge on any atom is 0.251 e. The van der Waals surface area contributed by atoms with Crippen LogP contribution in [0, 0.1) is 6.92 Å². The van der Waals surface area contributed by atoms with Crippen molar-refractivity contribution in [2.45, 2.75) is 32.7 Å². The molecule has 1 saturated heterocycles. The maximum atomic E-state index is 12.7. The predicted molar refractivity (Wildman–Crippen MR) is 115 cm³/mol. The van der Waals surface area contributed by atoms with Gasteiger partial charge in [-0.15, -0.1) is 0 Å². The Morgan fingerprint density at radius 1 is 1.32 bits per heavy atom.